The van der Waals surface area contributed by atoms with Crippen LogP contribution in [-0.4, -0.2) is 22.8 Å². The Balaban J connectivity index is 2.01. The quantitative estimate of drug-likeness (QED) is 0.689. The molecule has 2 aromatic rings. The summed E-state index contributed by atoms with van der Waals surface area (Å²) in [5, 5.41) is 3.33. The molecule has 0 spiro atoms. The second-order valence-corrected chi connectivity index (χ2v) is 6.01. The highest BCUT2D eigenvalue weighted by atomic mass is 79.9. The average Bonchev–Trinajstić information content (AvgIpc) is 2.85. The van der Waals surface area contributed by atoms with Gasteiger partial charge in [0.2, 0.25) is 5.95 Å². The number of ether oxygens (including phenoxy) is 1. The zero-order chi connectivity index (χ0) is 14.4. The van der Waals surface area contributed by atoms with E-state index in [0.717, 1.165) is 46.8 Å². The van der Waals surface area contributed by atoms with E-state index in [4.69, 9.17) is 4.74 Å². The highest BCUT2D eigenvalue weighted by Gasteiger charge is 2.06. The fraction of sp³-hybridized carbons (Fsp3) is 0.357. The maximum atomic E-state index is 5.36. The van der Waals surface area contributed by atoms with Crippen LogP contribution in [0.2, 0.25) is 0 Å². The summed E-state index contributed by atoms with van der Waals surface area (Å²) in [5.41, 5.74) is 0.991. The topological polar surface area (TPSA) is 39.1 Å². The average molecular weight is 403 g/mol. The first-order valence-corrected chi connectivity index (χ1v) is 8.10. The van der Waals surface area contributed by atoms with Crippen LogP contribution in [0.5, 0.6) is 0 Å². The molecular formula is C14H17Br2N3O. The minimum Gasteiger partial charge on any atom is -0.382 e. The monoisotopic (exact) mass is 401 g/mol. The van der Waals surface area contributed by atoms with Gasteiger partial charge in [0.15, 0.2) is 0 Å². The van der Waals surface area contributed by atoms with Gasteiger partial charge >= 0.3 is 0 Å². The van der Waals surface area contributed by atoms with Crippen molar-refractivity contribution in [3.63, 3.8) is 0 Å². The van der Waals surface area contributed by atoms with Crippen LogP contribution in [0.4, 0.5) is 11.6 Å². The second kappa shape index (κ2) is 7.81. The van der Waals surface area contributed by atoms with Crippen molar-refractivity contribution in [3.05, 3.63) is 39.5 Å². The summed E-state index contributed by atoms with van der Waals surface area (Å²) in [5.74, 6) is 0.838. The maximum Gasteiger partial charge on any atom is 0.207 e. The smallest absolute Gasteiger partial charge is 0.207 e. The first-order valence-electron chi connectivity index (χ1n) is 6.51. The summed E-state index contributed by atoms with van der Waals surface area (Å²) in [6, 6.07) is 6.01. The largest absolute Gasteiger partial charge is 0.382 e. The molecule has 1 aromatic heterocycles. The van der Waals surface area contributed by atoms with Crippen LogP contribution in [0.3, 0.4) is 0 Å². The highest BCUT2D eigenvalue weighted by Crippen LogP contribution is 2.28. The molecule has 0 saturated carbocycles. The summed E-state index contributed by atoms with van der Waals surface area (Å²) < 4.78 is 9.48. The molecule has 108 valence electrons. The molecule has 0 aliphatic rings. The number of aryl methyl sites for hydroxylation is 1. The molecule has 0 unspecified atom stereocenters. The zero-order valence-electron chi connectivity index (χ0n) is 11.3. The molecule has 2 rings (SSSR count). The van der Waals surface area contributed by atoms with Gasteiger partial charge in [0.05, 0.1) is 5.69 Å². The molecule has 6 heteroatoms. The van der Waals surface area contributed by atoms with Crippen LogP contribution in [0, 0.1) is 0 Å². The normalized spacial score (nSPS) is 10.8. The molecule has 20 heavy (non-hydrogen) atoms. The number of nitrogens with zero attached hydrogens (tertiary/aromatic N) is 2. The number of imidazole rings is 1. The maximum absolute atomic E-state index is 5.36. The summed E-state index contributed by atoms with van der Waals surface area (Å²) in [6.07, 6.45) is 4.75. The Bertz CT molecular complexity index is 557. The Morgan fingerprint density at radius 2 is 2.20 bits per heavy atom. The van der Waals surface area contributed by atoms with Gasteiger partial charge in [-0.3, -0.25) is 0 Å². The van der Waals surface area contributed by atoms with Crippen molar-refractivity contribution in [2.75, 3.05) is 18.5 Å². The number of anilines is 2. The molecular weight excluding hydrogens is 386 g/mol. The van der Waals surface area contributed by atoms with Crippen molar-refractivity contribution in [1.29, 1.82) is 0 Å². The number of nitrogens with one attached hydrogen (secondary N) is 1. The van der Waals surface area contributed by atoms with Crippen LogP contribution in [0.15, 0.2) is 39.5 Å². The summed E-state index contributed by atoms with van der Waals surface area (Å²) in [6.45, 7) is 4.43. The third kappa shape index (κ3) is 4.33. The van der Waals surface area contributed by atoms with Gasteiger partial charge in [-0.05, 0) is 47.5 Å². The van der Waals surface area contributed by atoms with E-state index >= 15 is 0 Å². The van der Waals surface area contributed by atoms with Crippen molar-refractivity contribution >= 4 is 43.5 Å². The molecule has 0 fully saturated rings. The first kappa shape index (κ1) is 15.5. The fourth-order valence-electron chi connectivity index (χ4n) is 1.81. The Hall–Kier alpha value is -0.850. The van der Waals surface area contributed by atoms with E-state index in [1.807, 2.05) is 31.3 Å². The van der Waals surface area contributed by atoms with Crippen molar-refractivity contribution in [1.82, 2.24) is 9.55 Å². The predicted octanol–water partition coefficient (Wildman–Crippen LogP) is 4.58. The SMILES string of the molecule is CCOCCCn1ccnc1Nc1ccc(Br)cc1Br. The van der Waals surface area contributed by atoms with Gasteiger partial charge in [-0.2, -0.15) is 0 Å². The van der Waals surface area contributed by atoms with E-state index in [-0.39, 0.29) is 0 Å². The van der Waals surface area contributed by atoms with Crippen molar-refractivity contribution in [2.45, 2.75) is 19.9 Å². The third-order valence-corrected chi connectivity index (χ3v) is 3.93. The van der Waals surface area contributed by atoms with E-state index in [9.17, 15) is 0 Å². The lowest BCUT2D eigenvalue weighted by Gasteiger charge is -2.11. The van der Waals surface area contributed by atoms with Crippen molar-refractivity contribution in [2.24, 2.45) is 0 Å². The van der Waals surface area contributed by atoms with E-state index in [0.29, 0.717) is 0 Å². The number of hydrogen-bond donors (Lipinski definition) is 1. The lowest BCUT2D eigenvalue weighted by Crippen LogP contribution is -2.06. The number of rotatable bonds is 7. The first-order chi connectivity index (χ1) is 9.70. The van der Waals surface area contributed by atoms with Gasteiger partial charge in [-0.1, -0.05) is 15.9 Å². The molecule has 0 atom stereocenters. The van der Waals surface area contributed by atoms with Crippen LogP contribution >= 0.6 is 31.9 Å². The molecule has 0 radical (unpaired) electrons. The van der Waals surface area contributed by atoms with Crippen molar-refractivity contribution in [3.8, 4) is 0 Å². The third-order valence-electron chi connectivity index (χ3n) is 2.78. The minimum absolute atomic E-state index is 0.765. The number of halogens is 2. The van der Waals surface area contributed by atoms with E-state index < -0.39 is 0 Å². The van der Waals surface area contributed by atoms with Gasteiger partial charge < -0.3 is 14.6 Å². The lowest BCUT2D eigenvalue weighted by molar-refractivity contribution is 0.142. The molecule has 0 amide bonds. The van der Waals surface area contributed by atoms with Gasteiger partial charge in [0.1, 0.15) is 0 Å². The number of hydrogen-bond acceptors (Lipinski definition) is 3. The molecule has 0 aliphatic heterocycles. The van der Waals surface area contributed by atoms with Gasteiger partial charge in [0, 0.05) is 41.1 Å². The molecule has 1 heterocycles. The van der Waals surface area contributed by atoms with Crippen LogP contribution in [0.25, 0.3) is 0 Å². The number of aromatic nitrogens is 2. The summed E-state index contributed by atoms with van der Waals surface area (Å²) in [7, 11) is 0. The fourth-order valence-corrected chi connectivity index (χ4v) is 2.95. The molecule has 1 aromatic carbocycles. The zero-order valence-corrected chi connectivity index (χ0v) is 14.4. The van der Waals surface area contributed by atoms with E-state index in [2.05, 4.69) is 46.7 Å². The predicted molar refractivity (Wildman–Crippen MR) is 88.5 cm³/mol. The summed E-state index contributed by atoms with van der Waals surface area (Å²) in [4.78, 5) is 4.35. The molecule has 0 aliphatic carbocycles. The van der Waals surface area contributed by atoms with Crippen LogP contribution in [-0.2, 0) is 11.3 Å². The molecule has 0 bridgehead atoms. The van der Waals surface area contributed by atoms with Crippen LogP contribution in [0.1, 0.15) is 13.3 Å². The van der Waals surface area contributed by atoms with Crippen molar-refractivity contribution < 1.29 is 4.74 Å². The molecule has 1 N–H and O–H groups in total. The Kier molecular flexibility index (Phi) is 6.06. The Morgan fingerprint density at radius 1 is 1.35 bits per heavy atom. The molecule has 4 nitrogen and oxygen atoms in total. The lowest BCUT2D eigenvalue weighted by atomic mass is 10.3. The molecule has 0 saturated heterocycles. The van der Waals surface area contributed by atoms with Crippen LogP contribution < -0.4 is 5.32 Å². The highest BCUT2D eigenvalue weighted by molar-refractivity contribution is 9.11. The van der Waals surface area contributed by atoms with Gasteiger partial charge in [-0.25, -0.2) is 4.98 Å². The van der Waals surface area contributed by atoms with E-state index in [1.165, 1.54) is 0 Å². The second-order valence-electron chi connectivity index (χ2n) is 4.24. The standard InChI is InChI=1S/C14H17Br2N3O/c1-2-20-9-3-7-19-8-6-17-14(19)18-13-5-4-11(15)10-12(13)16/h4-6,8,10H,2-3,7,9H2,1H3,(H,17,18). The summed E-state index contributed by atoms with van der Waals surface area (Å²) >= 11 is 6.99. The number of benzene rings is 1. The van der Waals surface area contributed by atoms with E-state index in [1.54, 1.807) is 6.20 Å². The van der Waals surface area contributed by atoms with Gasteiger partial charge in [0.25, 0.3) is 0 Å². The Labute approximate surface area is 135 Å². The van der Waals surface area contributed by atoms with Gasteiger partial charge in [-0.15, -0.1) is 0 Å². The minimum atomic E-state index is 0.765. The Morgan fingerprint density at radius 3 is 2.95 bits per heavy atom.